The zero-order chi connectivity index (χ0) is 14.6. The van der Waals surface area contributed by atoms with Crippen LogP contribution in [0.2, 0.25) is 0 Å². The number of carboxylic acid groups (broad SMARTS) is 1. The summed E-state index contributed by atoms with van der Waals surface area (Å²) in [6.07, 6.45) is -1.14. The highest BCUT2D eigenvalue weighted by molar-refractivity contribution is 5.85. The predicted octanol–water partition coefficient (Wildman–Crippen LogP) is 1.37. The van der Waals surface area contributed by atoms with Gasteiger partial charge in [0.2, 0.25) is 5.91 Å². The fourth-order valence-corrected chi connectivity index (χ4v) is 3.26. The van der Waals surface area contributed by atoms with Crippen LogP contribution >= 0.6 is 0 Å². The van der Waals surface area contributed by atoms with Crippen molar-refractivity contribution >= 4 is 11.9 Å². The summed E-state index contributed by atoms with van der Waals surface area (Å²) in [6.45, 7) is 10.8. The smallest absolute Gasteiger partial charge is 0.334 e. The van der Waals surface area contributed by atoms with Gasteiger partial charge in [0, 0.05) is 12.5 Å². The van der Waals surface area contributed by atoms with Gasteiger partial charge in [-0.05, 0) is 17.8 Å². The second-order valence-corrected chi connectivity index (χ2v) is 6.89. The lowest BCUT2D eigenvalue weighted by molar-refractivity contribution is -0.167. The van der Waals surface area contributed by atoms with Crippen molar-refractivity contribution < 1.29 is 19.4 Å². The number of hydrogen-bond acceptors (Lipinski definition) is 3. The molecular formula is C14H23NO4. The zero-order valence-corrected chi connectivity index (χ0v) is 12.3. The van der Waals surface area contributed by atoms with Crippen molar-refractivity contribution in [3.63, 3.8) is 0 Å². The van der Waals surface area contributed by atoms with Gasteiger partial charge in [0.05, 0.1) is 12.6 Å². The zero-order valence-electron chi connectivity index (χ0n) is 12.3. The van der Waals surface area contributed by atoms with E-state index in [-0.39, 0.29) is 35.3 Å². The van der Waals surface area contributed by atoms with E-state index in [0.717, 1.165) is 0 Å². The minimum atomic E-state index is -1.00. The Morgan fingerprint density at radius 1 is 1.16 bits per heavy atom. The molecule has 19 heavy (non-hydrogen) atoms. The first-order valence-corrected chi connectivity index (χ1v) is 6.76. The third-order valence-corrected chi connectivity index (χ3v) is 5.12. The van der Waals surface area contributed by atoms with Crippen LogP contribution in [0.1, 0.15) is 34.6 Å². The fraction of sp³-hybridized carbons (Fsp3) is 0.857. The lowest BCUT2D eigenvalue weighted by atomic mass is 10.0. The Kier molecular flexibility index (Phi) is 3.16. The topological polar surface area (TPSA) is 66.8 Å². The first kappa shape index (κ1) is 14.3. The summed E-state index contributed by atoms with van der Waals surface area (Å²) >= 11 is 0. The Balaban J connectivity index is 2.10. The van der Waals surface area contributed by atoms with Crippen LogP contribution in [0.3, 0.4) is 0 Å². The second-order valence-electron chi connectivity index (χ2n) is 6.89. The van der Waals surface area contributed by atoms with Crippen molar-refractivity contribution in [2.45, 2.75) is 46.8 Å². The van der Waals surface area contributed by atoms with E-state index in [9.17, 15) is 9.59 Å². The van der Waals surface area contributed by atoms with Gasteiger partial charge in [-0.3, -0.25) is 4.79 Å². The summed E-state index contributed by atoms with van der Waals surface area (Å²) in [5.74, 6) is -0.963. The normalized spacial score (nSPS) is 33.0. The van der Waals surface area contributed by atoms with Crippen molar-refractivity contribution in [1.29, 1.82) is 0 Å². The first-order chi connectivity index (χ1) is 8.59. The molecule has 108 valence electrons. The Morgan fingerprint density at radius 2 is 1.68 bits per heavy atom. The lowest BCUT2D eigenvalue weighted by Crippen LogP contribution is -2.52. The van der Waals surface area contributed by atoms with Crippen LogP contribution in [0, 0.1) is 16.7 Å². The number of carbonyl (C=O) groups is 2. The number of carboxylic acids is 1. The molecule has 0 aromatic carbocycles. The maximum absolute atomic E-state index is 12.6. The fourth-order valence-electron chi connectivity index (χ4n) is 3.26. The summed E-state index contributed by atoms with van der Waals surface area (Å²) in [7, 11) is 0. The van der Waals surface area contributed by atoms with Crippen LogP contribution in [0.4, 0.5) is 0 Å². The molecule has 0 aromatic rings. The molecule has 0 aromatic heterocycles. The van der Waals surface area contributed by atoms with Gasteiger partial charge >= 0.3 is 5.97 Å². The van der Waals surface area contributed by atoms with Crippen molar-refractivity contribution in [2.75, 3.05) is 13.1 Å². The number of carbonyl (C=O) groups excluding carboxylic acids is 1. The number of amides is 1. The summed E-state index contributed by atoms with van der Waals surface area (Å²) < 4.78 is 5.34. The van der Waals surface area contributed by atoms with Crippen molar-refractivity contribution in [3.05, 3.63) is 0 Å². The molecule has 1 saturated heterocycles. The van der Waals surface area contributed by atoms with Gasteiger partial charge in [-0.2, -0.15) is 0 Å². The van der Waals surface area contributed by atoms with Gasteiger partial charge in [0.15, 0.2) is 6.10 Å². The van der Waals surface area contributed by atoms with Crippen LogP contribution in [-0.2, 0) is 14.3 Å². The number of ether oxygens (including phenoxy) is 1. The summed E-state index contributed by atoms with van der Waals surface area (Å²) in [5.41, 5.74) is -0.0469. The monoisotopic (exact) mass is 269 g/mol. The van der Waals surface area contributed by atoms with E-state index in [2.05, 4.69) is 27.7 Å². The number of morpholine rings is 1. The quantitative estimate of drug-likeness (QED) is 0.822. The van der Waals surface area contributed by atoms with Gasteiger partial charge < -0.3 is 14.7 Å². The standard InChI is InChI=1S/C14H23NO4/c1-8-6-15(7-9(19-8)12(17)18)11(16)10-13(2,3)14(10,4)5/h8-10H,6-7H2,1-5H3,(H,17,18)/t8-,9?/m1/s1. The molecule has 5 heteroatoms. The largest absolute Gasteiger partial charge is 0.479 e. The third-order valence-electron chi connectivity index (χ3n) is 5.12. The molecule has 0 bridgehead atoms. The van der Waals surface area contributed by atoms with Gasteiger partial charge in [-0.15, -0.1) is 0 Å². The van der Waals surface area contributed by atoms with Crippen LogP contribution in [0.15, 0.2) is 0 Å². The highest BCUT2D eigenvalue weighted by Crippen LogP contribution is 2.68. The summed E-state index contributed by atoms with van der Waals surface area (Å²) in [5, 5.41) is 9.05. The Bertz CT molecular complexity index is 402. The van der Waals surface area contributed by atoms with Gasteiger partial charge in [-0.25, -0.2) is 4.79 Å². The van der Waals surface area contributed by atoms with Gasteiger partial charge in [0.1, 0.15) is 0 Å². The molecule has 1 amide bonds. The number of rotatable bonds is 2. The molecule has 1 unspecified atom stereocenters. The Labute approximate surface area is 113 Å². The van der Waals surface area contributed by atoms with Crippen LogP contribution in [0.25, 0.3) is 0 Å². The van der Waals surface area contributed by atoms with E-state index in [0.29, 0.717) is 6.54 Å². The Morgan fingerprint density at radius 3 is 2.11 bits per heavy atom. The maximum Gasteiger partial charge on any atom is 0.334 e. The van der Waals surface area contributed by atoms with E-state index in [1.165, 1.54) is 0 Å². The maximum atomic E-state index is 12.6. The van der Waals surface area contributed by atoms with Crippen LogP contribution in [0.5, 0.6) is 0 Å². The molecule has 2 fully saturated rings. The first-order valence-electron chi connectivity index (χ1n) is 6.76. The van der Waals surface area contributed by atoms with Crippen molar-refractivity contribution in [1.82, 2.24) is 4.90 Å². The molecule has 0 radical (unpaired) electrons. The van der Waals surface area contributed by atoms with Crippen molar-refractivity contribution in [2.24, 2.45) is 16.7 Å². The number of hydrogen-bond donors (Lipinski definition) is 1. The average Bonchev–Trinajstić information content (AvgIpc) is 2.67. The lowest BCUT2D eigenvalue weighted by Gasteiger charge is -2.35. The molecule has 2 aliphatic rings. The van der Waals surface area contributed by atoms with E-state index in [1.807, 2.05) is 0 Å². The minimum absolute atomic E-state index is 0.0235. The van der Waals surface area contributed by atoms with Crippen molar-refractivity contribution in [3.8, 4) is 0 Å². The molecule has 1 heterocycles. The molecule has 1 N–H and O–H groups in total. The molecule has 1 aliphatic heterocycles. The van der Waals surface area contributed by atoms with E-state index in [1.54, 1.807) is 11.8 Å². The SMILES string of the molecule is C[C@@H]1CN(C(=O)C2C(C)(C)C2(C)C)CC(C(=O)O)O1. The molecule has 2 rings (SSSR count). The van der Waals surface area contributed by atoms with Gasteiger partial charge in [-0.1, -0.05) is 27.7 Å². The van der Waals surface area contributed by atoms with Crippen LogP contribution in [-0.4, -0.2) is 47.2 Å². The second kappa shape index (κ2) is 4.20. The van der Waals surface area contributed by atoms with E-state index in [4.69, 9.17) is 9.84 Å². The molecular weight excluding hydrogens is 246 g/mol. The number of nitrogens with zero attached hydrogens (tertiary/aromatic N) is 1. The minimum Gasteiger partial charge on any atom is -0.479 e. The molecule has 2 atom stereocenters. The molecule has 0 spiro atoms. The average molecular weight is 269 g/mol. The molecule has 5 nitrogen and oxygen atoms in total. The molecule has 1 aliphatic carbocycles. The summed E-state index contributed by atoms with van der Waals surface area (Å²) in [6, 6.07) is 0. The van der Waals surface area contributed by atoms with Gasteiger partial charge in [0.25, 0.3) is 0 Å². The van der Waals surface area contributed by atoms with E-state index >= 15 is 0 Å². The predicted molar refractivity (Wildman–Crippen MR) is 69.6 cm³/mol. The highest BCUT2D eigenvalue weighted by Gasteiger charge is 2.69. The van der Waals surface area contributed by atoms with E-state index < -0.39 is 12.1 Å². The number of aliphatic carboxylic acids is 1. The summed E-state index contributed by atoms with van der Waals surface area (Å²) in [4.78, 5) is 25.3. The highest BCUT2D eigenvalue weighted by atomic mass is 16.5. The van der Waals surface area contributed by atoms with Crippen LogP contribution < -0.4 is 0 Å². The molecule has 1 saturated carbocycles. The third kappa shape index (κ3) is 2.14. The Hall–Kier alpha value is -1.10.